The minimum atomic E-state index is 0.00403. The third kappa shape index (κ3) is 3.20. The second-order valence-corrected chi connectivity index (χ2v) is 6.55. The molecular formula is C19H21N5O. The van der Waals surface area contributed by atoms with Gasteiger partial charge in [-0.25, -0.2) is 4.98 Å². The molecule has 2 heterocycles. The lowest BCUT2D eigenvalue weighted by Gasteiger charge is -2.12. The molecular weight excluding hydrogens is 314 g/mol. The number of pyridine rings is 1. The number of aryl methyl sites for hydroxylation is 1. The number of hydrogen-bond acceptors (Lipinski definition) is 4. The molecule has 0 atom stereocenters. The maximum atomic E-state index is 12.3. The molecule has 1 amide bonds. The van der Waals surface area contributed by atoms with Crippen LogP contribution in [-0.4, -0.2) is 27.1 Å². The summed E-state index contributed by atoms with van der Waals surface area (Å²) in [6.45, 7) is 1.95. The Bertz CT molecular complexity index is 894. The molecule has 3 aromatic rings. The number of anilines is 2. The summed E-state index contributed by atoms with van der Waals surface area (Å²) in [6, 6.07) is 9.72. The average molecular weight is 335 g/mol. The average Bonchev–Trinajstić information content (AvgIpc) is 3.26. The van der Waals surface area contributed by atoms with Gasteiger partial charge in [-0.1, -0.05) is 12.8 Å². The first kappa shape index (κ1) is 15.6. The summed E-state index contributed by atoms with van der Waals surface area (Å²) in [5.74, 6) is 0.760. The maximum absolute atomic E-state index is 12.3. The Morgan fingerprint density at radius 1 is 1.16 bits per heavy atom. The van der Waals surface area contributed by atoms with Crippen molar-refractivity contribution in [2.45, 2.75) is 38.6 Å². The Kier molecular flexibility index (Phi) is 4.09. The SMILES string of the molecule is Cc1n[nH]c2ccnc(Nc3ccc(C(=O)NC4CCCC4)cc3)c12. The molecule has 1 aliphatic rings. The summed E-state index contributed by atoms with van der Waals surface area (Å²) in [4.78, 5) is 16.7. The lowest BCUT2D eigenvalue weighted by Crippen LogP contribution is -2.32. The van der Waals surface area contributed by atoms with Gasteiger partial charge in [-0.3, -0.25) is 9.89 Å². The number of amides is 1. The molecule has 128 valence electrons. The van der Waals surface area contributed by atoms with Gasteiger partial charge >= 0.3 is 0 Å². The van der Waals surface area contributed by atoms with Gasteiger partial charge in [0.05, 0.1) is 16.6 Å². The van der Waals surface area contributed by atoms with E-state index in [1.165, 1.54) is 12.8 Å². The lowest BCUT2D eigenvalue weighted by atomic mass is 10.1. The van der Waals surface area contributed by atoms with E-state index in [-0.39, 0.29) is 5.91 Å². The number of nitrogens with one attached hydrogen (secondary N) is 3. The molecule has 3 N–H and O–H groups in total. The van der Waals surface area contributed by atoms with E-state index in [4.69, 9.17) is 0 Å². The van der Waals surface area contributed by atoms with E-state index in [0.717, 1.165) is 40.9 Å². The first-order valence-electron chi connectivity index (χ1n) is 8.68. The zero-order valence-corrected chi connectivity index (χ0v) is 14.2. The summed E-state index contributed by atoms with van der Waals surface area (Å²) < 4.78 is 0. The molecule has 1 aliphatic carbocycles. The number of fused-ring (bicyclic) bond motifs is 1. The zero-order valence-electron chi connectivity index (χ0n) is 14.2. The minimum absolute atomic E-state index is 0.00403. The molecule has 0 unspecified atom stereocenters. The highest BCUT2D eigenvalue weighted by Crippen LogP contribution is 2.25. The van der Waals surface area contributed by atoms with E-state index in [0.29, 0.717) is 11.6 Å². The van der Waals surface area contributed by atoms with Gasteiger partial charge in [0, 0.05) is 23.5 Å². The van der Waals surface area contributed by atoms with Crippen LogP contribution in [0.5, 0.6) is 0 Å². The number of aromatic nitrogens is 3. The highest BCUT2D eigenvalue weighted by molar-refractivity contribution is 5.95. The van der Waals surface area contributed by atoms with Gasteiger partial charge in [0.25, 0.3) is 5.91 Å². The smallest absolute Gasteiger partial charge is 0.251 e. The lowest BCUT2D eigenvalue weighted by molar-refractivity contribution is 0.0938. The Morgan fingerprint density at radius 2 is 1.92 bits per heavy atom. The predicted molar refractivity (Wildman–Crippen MR) is 98.1 cm³/mol. The quantitative estimate of drug-likeness (QED) is 0.679. The van der Waals surface area contributed by atoms with Crippen molar-refractivity contribution >= 4 is 28.3 Å². The van der Waals surface area contributed by atoms with Crippen LogP contribution >= 0.6 is 0 Å². The van der Waals surface area contributed by atoms with Crippen LogP contribution in [0.3, 0.4) is 0 Å². The molecule has 0 saturated heterocycles. The number of benzene rings is 1. The minimum Gasteiger partial charge on any atom is -0.349 e. The fourth-order valence-corrected chi connectivity index (χ4v) is 3.40. The molecule has 6 nitrogen and oxygen atoms in total. The van der Waals surface area contributed by atoms with Crippen molar-refractivity contribution in [3.63, 3.8) is 0 Å². The second-order valence-electron chi connectivity index (χ2n) is 6.55. The van der Waals surface area contributed by atoms with E-state index in [2.05, 4.69) is 25.8 Å². The number of hydrogen-bond donors (Lipinski definition) is 3. The third-order valence-corrected chi connectivity index (χ3v) is 4.76. The van der Waals surface area contributed by atoms with E-state index in [9.17, 15) is 4.79 Å². The van der Waals surface area contributed by atoms with Gasteiger partial charge < -0.3 is 10.6 Å². The summed E-state index contributed by atoms with van der Waals surface area (Å²) in [5.41, 5.74) is 3.42. The van der Waals surface area contributed by atoms with Crippen LogP contribution in [0.2, 0.25) is 0 Å². The molecule has 0 radical (unpaired) electrons. The fourth-order valence-electron chi connectivity index (χ4n) is 3.40. The normalized spacial score (nSPS) is 14.8. The van der Waals surface area contributed by atoms with Gasteiger partial charge in [0.1, 0.15) is 5.82 Å². The topological polar surface area (TPSA) is 82.7 Å². The van der Waals surface area contributed by atoms with Gasteiger partial charge in [0.15, 0.2) is 0 Å². The fraction of sp³-hybridized carbons (Fsp3) is 0.316. The molecule has 25 heavy (non-hydrogen) atoms. The molecule has 4 rings (SSSR count). The summed E-state index contributed by atoms with van der Waals surface area (Å²) in [7, 11) is 0. The molecule has 1 aromatic carbocycles. The first-order valence-corrected chi connectivity index (χ1v) is 8.68. The van der Waals surface area contributed by atoms with E-state index in [1.807, 2.05) is 37.3 Å². The van der Waals surface area contributed by atoms with Crippen LogP contribution in [0.25, 0.3) is 10.9 Å². The number of aromatic amines is 1. The Balaban J connectivity index is 1.50. The van der Waals surface area contributed by atoms with Crippen LogP contribution in [0, 0.1) is 6.92 Å². The number of rotatable bonds is 4. The highest BCUT2D eigenvalue weighted by Gasteiger charge is 2.18. The van der Waals surface area contributed by atoms with Crippen molar-refractivity contribution < 1.29 is 4.79 Å². The van der Waals surface area contributed by atoms with Gasteiger partial charge in [-0.15, -0.1) is 0 Å². The number of carbonyl (C=O) groups is 1. The largest absolute Gasteiger partial charge is 0.349 e. The number of nitrogens with zero attached hydrogens (tertiary/aromatic N) is 2. The van der Waals surface area contributed by atoms with Crippen molar-refractivity contribution in [3.05, 3.63) is 47.8 Å². The third-order valence-electron chi connectivity index (χ3n) is 4.76. The first-order chi connectivity index (χ1) is 12.2. The van der Waals surface area contributed by atoms with Crippen LogP contribution in [-0.2, 0) is 0 Å². The molecule has 1 fully saturated rings. The van der Waals surface area contributed by atoms with Crippen LogP contribution in [0.1, 0.15) is 41.7 Å². The molecule has 1 saturated carbocycles. The van der Waals surface area contributed by atoms with Crippen molar-refractivity contribution in [2.75, 3.05) is 5.32 Å². The number of carbonyl (C=O) groups excluding carboxylic acids is 1. The summed E-state index contributed by atoms with van der Waals surface area (Å²) >= 11 is 0. The van der Waals surface area contributed by atoms with E-state index in [1.54, 1.807) is 6.20 Å². The molecule has 2 aromatic heterocycles. The van der Waals surface area contributed by atoms with Gasteiger partial charge in [0.2, 0.25) is 0 Å². The number of H-pyrrole nitrogens is 1. The zero-order chi connectivity index (χ0) is 17.2. The summed E-state index contributed by atoms with van der Waals surface area (Å²) in [6.07, 6.45) is 6.33. The van der Waals surface area contributed by atoms with Crippen LogP contribution < -0.4 is 10.6 Å². The van der Waals surface area contributed by atoms with Crippen molar-refractivity contribution in [1.82, 2.24) is 20.5 Å². The maximum Gasteiger partial charge on any atom is 0.251 e. The van der Waals surface area contributed by atoms with Crippen molar-refractivity contribution in [1.29, 1.82) is 0 Å². The second kappa shape index (κ2) is 6.55. The van der Waals surface area contributed by atoms with Gasteiger partial charge in [-0.05, 0) is 50.1 Å². The molecule has 0 aliphatic heterocycles. The monoisotopic (exact) mass is 335 g/mol. The van der Waals surface area contributed by atoms with Crippen molar-refractivity contribution in [3.8, 4) is 0 Å². The Morgan fingerprint density at radius 3 is 2.68 bits per heavy atom. The Hall–Kier alpha value is -2.89. The molecule has 6 heteroatoms. The highest BCUT2D eigenvalue weighted by atomic mass is 16.1. The van der Waals surface area contributed by atoms with Crippen molar-refractivity contribution in [2.24, 2.45) is 0 Å². The predicted octanol–water partition coefficient (Wildman–Crippen LogP) is 3.68. The molecule has 0 spiro atoms. The Labute approximate surface area is 146 Å². The van der Waals surface area contributed by atoms with Gasteiger partial charge in [-0.2, -0.15) is 5.10 Å². The van der Waals surface area contributed by atoms with Crippen LogP contribution in [0.4, 0.5) is 11.5 Å². The van der Waals surface area contributed by atoms with E-state index < -0.39 is 0 Å². The molecule has 0 bridgehead atoms. The van der Waals surface area contributed by atoms with Crippen LogP contribution in [0.15, 0.2) is 36.5 Å². The summed E-state index contributed by atoms with van der Waals surface area (Å²) in [5, 5.41) is 14.6. The standard InChI is InChI=1S/C19H21N5O/c1-12-17-16(24-23-12)10-11-20-18(17)21-15-8-6-13(7-9-15)19(25)22-14-4-2-3-5-14/h6-11,14H,2-5H2,1H3,(H,20,21)(H,22,25)(H,23,24). The van der Waals surface area contributed by atoms with E-state index >= 15 is 0 Å².